The molecule has 3 rings (SSSR count). The molecule has 1 spiro atoms. The zero-order valence-electron chi connectivity index (χ0n) is 13.2. The summed E-state index contributed by atoms with van der Waals surface area (Å²) in [6.45, 7) is 4.73. The van der Waals surface area contributed by atoms with Crippen molar-refractivity contribution in [2.45, 2.75) is 58.1 Å². The molecule has 2 atom stereocenters. The summed E-state index contributed by atoms with van der Waals surface area (Å²) in [7, 11) is 1.92. The van der Waals surface area contributed by atoms with Crippen molar-refractivity contribution in [1.82, 2.24) is 15.1 Å². The molecular weight excluding hydrogens is 266 g/mol. The van der Waals surface area contributed by atoms with Gasteiger partial charge in [0.2, 0.25) is 0 Å². The molecule has 1 N–H and O–H groups in total. The Labute approximate surface area is 126 Å². The van der Waals surface area contributed by atoms with Gasteiger partial charge in [0.15, 0.2) is 0 Å². The lowest BCUT2D eigenvalue weighted by atomic mass is 9.60. The molecule has 2 fully saturated rings. The Hall–Kier alpha value is -1.36. The van der Waals surface area contributed by atoms with Crippen molar-refractivity contribution >= 4 is 5.91 Å². The number of carbonyl (C=O) groups is 1. The second kappa shape index (κ2) is 5.44. The topological polar surface area (TPSA) is 58.2 Å². The summed E-state index contributed by atoms with van der Waals surface area (Å²) in [5.41, 5.74) is 1.62. The minimum atomic E-state index is 0.0190. The van der Waals surface area contributed by atoms with Gasteiger partial charge in [-0.05, 0) is 39.2 Å². The number of aromatic amines is 1. The van der Waals surface area contributed by atoms with E-state index in [1.165, 1.54) is 25.7 Å². The van der Waals surface area contributed by atoms with Crippen molar-refractivity contribution in [3.05, 3.63) is 17.5 Å². The number of carbonyl (C=O) groups excluding carboxylic acids is 1. The molecule has 1 amide bonds. The molecule has 0 aromatic carbocycles. The first-order valence-corrected chi connectivity index (χ1v) is 7.99. The van der Waals surface area contributed by atoms with Crippen molar-refractivity contribution < 1.29 is 9.53 Å². The predicted molar refractivity (Wildman–Crippen MR) is 80.1 cm³/mol. The summed E-state index contributed by atoms with van der Waals surface area (Å²) < 4.78 is 5.93. The molecule has 2 aliphatic rings. The minimum absolute atomic E-state index is 0.0190. The highest BCUT2D eigenvalue weighted by molar-refractivity contribution is 5.92. The van der Waals surface area contributed by atoms with Crippen LogP contribution in [0.1, 0.15) is 55.2 Å². The minimum Gasteiger partial charge on any atom is -0.378 e. The van der Waals surface area contributed by atoms with Crippen LogP contribution in [0.25, 0.3) is 0 Å². The third-order valence-electron chi connectivity index (χ3n) is 5.36. The van der Waals surface area contributed by atoms with Crippen molar-refractivity contribution in [1.29, 1.82) is 0 Å². The monoisotopic (exact) mass is 291 g/mol. The van der Waals surface area contributed by atoms with E-state index < -0.39 is 0 Å². The number of aromatic nitrogens is 2. The summed E-state index contributed by atoms with van der Waals surface area (Å²) >= 11 is 0. The highest BCUT2D eigenvalue weighted by Gasteiger charge is 2.58. The third kappa shape index (κ3) is 2.27. The summed E-state index contributed by atoms with van der Waals surface area (Å²) in [5.74, 6) is 0.0190. The SMILES string of the molecule is CCO[C@@H]1C[C@H](N(C)C(=O)c2cc(C)[nH]n2)C12CCCC2. The van der Waals surface area contributed by atoms with Gasteiger partial charge >= 0.3 is 0 Å². The molecule has 2 aliphatic carbocycles. The van der Waals surface area contributed by atoms with Crippen LogP contribution in [-0.2, 0) is 4.74 Å². The van der Waals surface area contributed by atoms with Gasteiger partial charge in [-0.25, -0.2) is 0 Å². The zero-order valence-corrected chi connectivity index (χ0v) is 13.2. The van der Waals surface area contributed by atoms with E-state index in [0.29, 0.717) is 17.8 Å². The molecule has 2 saturated carbocycles. The Morgan fingerprint density at radius 2 is 2.24 bits per heavy atom. The quantitative estimate of drug-likeness (QED) is 0.927. The van der Waals surface area contributed by atoms with Crippen molar-refractivity contribution in [3.8, 4) is 0 Å². The van der Waals surface area contributed by atoms with Gasteiger partial charge in [0, 0.05) is 30.8 Å². The summed E-state index contributed by atoms with van der Waals surface area (Å²) in [6, 6.07) is 2.11. The highest BCUT2D eigenvalue weighted by Crippen LogP contribution is 2.56. The molecule has 1 aromatic heterocycles. The molecular formula is C16H25N3O2. The molecule has 1 aromatic rings. The molecule has 5 nitrogen and oxygen atoms in total. The molecule has 5 heteroatoms. The number of aryl methyl sites for hydroxylation is 1. The second-order valence-corrected chi connectivity index (χ2v) is 6.49. The first-order chi connectivity index (χ1) is 10.1. The van der Waals surface area contributed by atoms with E-state index in [0.717, 1.165) is 18.7 Å². The first kappa shape index (κ1) is 14.6. The van der Waals surface area contributed by atoms with Crippen LogP contribution in [0.2, 0.25) is 0 Å². The van der Waals surface area contributed by atoms with Crippen LogP contribution in [-0.4, -0.2) is 46.8 Å². The smallest absolute Gasteiger partial charge is 0.274 e. The van der Waals surface area contributed by atoms with Crippen LogP contribution in [0, 0.1) is 12.3 Å². The van der Waals surface area contributed by atoms with E-state index in [1.807, 2.05) is 24.9 Å². The number of rotatable bonds is 4. The fraction of sp³-hybridized carbons (Fsp3) is 0.750. The summed E-state index contributed by atoms with van der Waals surface area (Å²) in [5, 5.41) is 6.95. The van der Waals surface area contributed by atoms with Crippen LogP contribution in [0.15, 0.2) is 6.07 Å². The van der Waals surface area contributed by atoms with Gasteiger partial charge in [-0.2, -0.15) is 5.10 Å². The van der Waals surface area contributed by atoms with E-state index >= 15 is 0 Å². The maximum atomic E-state index is 12.6. The molecule has 0 bridgehead atoms. The number of hydrogen-bond acceptors (Lipinski definition) is 3. The maximum Gasteiger partial charge on any atom is 0.274 e. The van der Waals surface area contributed by atoms with Crippen molar-refractivity contribution in [2.24, 2.45) is 5.41 Å². The van der Waals surface area contributed by atoms with Crippen molar-refractivity contribution in [2.75, 3.05) is 13.7 Å². The van der Waals surface area contributed by atoms with E-state index in [1.54, 1.807) is 0 Å². The van der Waals surface area contributed by atoms with Gasteiger partial charge in [-0.3, -0.25) is 9.89 Å². The molecule has 0 unspecified atom stereocenters. The molecule has 116 valence electrons. The van der Waals surface area contributed by atoms with Crippen molar-refractivity contribution in [3.63, 3.8) is 0 Å². The zero-order chi connectivity index (χ0) is 15.0. The number of H-pyrrole nitrogens is 1. The molecule has 1 heterocycles. The normalized spacial score (nSPS) is 26.8. The van der Waals surface area contributed by atoms with Crippen LogP contribution < -0.4 is 0 Å². The molecule has 0 radical (unpaired) electrons. The number of nitrogens with one attached hydrogen (secondary N) is 1. The average Bonchev–Trinajstić information content (AvgIpc) is 3.11. The van der Waals surface area contributed by atoms with Gasteiger partial charge in [-0.15, -0.1) is 0 Å². The molecule has 0 saturated heterocycles. The fourth-order valence-corrected chi connectivity index (χ4v) is 4.24. The van der Waals surface area contributed by atoms with Crippen LogP contribution in [0.3, 0.4) is 0 Å². The summed E-state index contributed by atoms with van der Waals surface area (Å²) in [6.07, 6.45) is 6.15. The Kier molecular flexibility index (Phi) is 3.78. The Bertz CT molecular complexity index is 519. The number of hydrogen-bond donors (Lipinski definition) is 1. The van der Waals surface area contributed by atoms with Crippen LogP contribution >= 0.6 is 0 Å². The number of amides is 1. The summed E-state index contributed by atoms with van der Waals surface area (Å²) in [4.78, 5) is 14.5. The molecule has 21 heavy (non-hydrogen) atoms. The predicted octanol–water partition coefficient (Wildman–Crippen LogP) is 2.53. The lowest BCUT2D eigenvalue weighted by Crippen LogP contribution is -2.64. The highest BCUT2D eigenvalue weighted by atomic mass is 16.5. The first-order valence-electron chi connectivity index (χ1n) is 7.99. The van der Waals surface area contributed by atoms with Crippen LogP contribution in [0.5, 0.6) is 0 Å². The molecule has 0 aliphatic heterocycles. The van der Waals surface area contributed by atoms with E-state index in [2.05, 4.69) is 17.1 Å². The second-order valence-electron chi connectivity index (χ2n) is 6.49. The fourth-order valence-electron chi connectivity index (χ4n) is 4.24. The van der Waals surface area contributed by atoms with E-state index in [9.17, 15) is 4.79 Å². The van der Waals surface area contributed by atoms with Gasteiger partial charge < -0.3 is 9.64 Å². The maximum absolute atomic E-state index is 12.6. The van der Waals surface area contributed by atoms with Gasteiger partial charge in [0.1, 0.15) is 5.69 Å². The number of nitrogens with zero attached hydrogens (tertiary/aromatic N) is 2. The van der Waals surface area contributed by atoms with Crippen LogP contribution in [0.4, 0.5) is 0 Å². The number of ether oxygens (including phenoxy) is 1. The Morgan fingerprint density at radius 3 is 2.81 bits per heavy atom. The third-order valence-corrected chi connectivity index (χ3v) is 5.36. The standard InChI is InChI=1S/C16H25N3O2/c1-4-21-14-10-13(16(14)7-5-6-8-16)19(3)15(20)12-9-11(2)17-18-12/h9,13-14H,4-8,10H2,1-3H3,(H,17,18)/t13-,14+/m0/s1. The van der Waals surface area contributed by atoms with E-state index in [-0.39, 0.29) is 11.3 Å². The lowest BCUT2D eigenvalue weighted by Gasteiger charge is -2.56. The Morgan fingerprint density at radius 1 is 1.52 bits per heavy atom. The van der Waals surface area contributed by atoms with Gasteiger partial charge in [-0.1, -0.05) is 12.8 Å². The van der Waals surface area contributed by atoms with Gasteiger partial charge in [0.25, 0.3) is 5.91 Å². The largest absolute Gasteiger partial charge is 0.378 e. The Balaban J connectivity index is 1.75. The van der Waals surface area contributed by atoms with Gasteiger partial charge in [0.05, 0.1) is 6.10 Å². The lowest BCUT2D eigenvalue weighted by molar-refractivity contribution is -0.152. The van der Waals surface area contributed by atoms with E-state index in [4.69, 9.17) is 4.74 Å². The average molecular weight is 291 g/mol.